The zero-order chi connectivity index (χ0) is 12.7. The van der Waals surface area contributed by atoms with E-state index in [1.807, 2.05) is 11.3 Å². The van der Waals surface area contributed by atoms with E-state index in [2.05, 4.69) is 44.2 Å². The van der Waals surface area contributed by atoms with Gasteiger partial charge in [0.1, 0.15) is 17.0 Å². The molecule has 0 radical (unpaired) electrons. The zero-order valence-corrected chi connectivity index (χ0v) is 11.9. The highest BCUT2D eigenvalue weighted by molar-refractivity contribution is 7.16. The first-order valence-electron chi connectivity index (χ1n) is 6.40. The molecule has 1 atom stereocenters. The number of nitrogens with one attached hydrogen (secondary N) is 1. The fraction of sp³-hybridized carbons (Fsp3) is 0.286. The van der Waals surface area contributed by atoms with Crippen molar-refractivity contribution < 1.29 is 0 Å². The lowest BCUT2D eigenvalue weighted by molar-refractivity contribution is 0.688. The monoisotopic (exact) mass is 287 g/mol. The molecule has 0 spiro atoms. The molecule has 0 aromatic carbocycles. The van der Waals surface area contributed by atoms with Gasteiger partial charge in [-0.2, -0.15) is 0 Å². The molecule has 5 heteroatoms. The highest BCUT2D eigenvalue weighted by Gasteiger charge is 2.33. The summed E-state index contributed by atoms with van der Waals surface area (Å²) in [4.78, 5) is 11.2. The van der Waals surface area contributed by atoms with Gasteiger partial charge in [0.15, 0.2) is 0 Å². The summed E-state index contributed by atoms with van der Waals surface area (Å²) < 4.78 is 0. The van der Waals surface area contributed by atoms with Gasteiger partial charge >= 0.3 is 0 Å². The number of nitrogens with zero attached hydrogens (tertiary/aromatic N) is 2. The van der Waals surface area contributed by atoms with E-state index in [4.69, 9.17) is 0 Å². The minimum atomic E-state index is 0.401. The molecule has 3 heterocycles. The van der Waals surface area contributed by atoms with Crippen molar-refractivity contribution in [2.24, 2.45) is 5.92 Å². The van der Waals surface area contributed by atoms with E-state index in [1.165, 1.54) is 17.7 Å². The molecule has 0 bridgehead atoms. The van der Waals surface area contributed by atoms with Crippen LogP contribution < -0.4 is 5.32 Å². The summed E-state index contributed by atoms with van der Waals surface area (Å²) in [7, 11) is 0. The Balaban J connectivity index is 1.70. The lowest BCUT2D eigenvalue weighted by atomic mass is 10.1. The van der Waals surface area contributed by atoms with E-state index in [0.29, 0.717) is 6.04 Å². The fourth-order valence-electron chi connectivity index (χ4n) is 2.37. The Morgan fingerprint density at radius 1 is 1.16 bits per heavy atom. The molecule has 0 saturated heterocycles. The molecule has 1 aliphatic rings. The molecular formula is C14H13N3S2. The van der Waals surface area contributed by atoms with Gasteiger partial charge < -0.3 is 5.32 Å². The Kier molecular flexibility index (Phi) is 2.74. The number of thiophene rings is 2. The second kappa shape index (κ2) is 4.58. The van der Waals surface area contributed by atoms with Crippen LogP contribution in [0.1, 0.15) is 23.8 Å². The minimum absolute atomic E-state index is 0.401. The smallest absolute Gasteiger partial charge is 0.138 e. The highest BCUT2D eigenvalue weighted by Crippen LogP contribution is 2.44. The molecule has 1 aliphatic carbocycles. The van der Waals surface area contributed by atoms with Gasteiger partial charge in [-0.25, -0.2) is 9.97 Å². The SMILES string of the molecule is c1csc([C@@H](Nc2ncnc3sccc23)C2CC2)c1. The van der Waals surface area contributed by atoms with Crippen LogP contribution in [0, 0.1) is 5.92 Å². The molecule has 1 fully saturated rings. The van der Waals surface area contributed by atoms with Gasteiger partial charge in [-0.1, -0.05) is 6.07 Å². The summed E-state index contributed by atoms with van der Waals surface area (Å²) in [6, 6.07) is 6.84. The van der Waals surface area contributed by atoms with Gasteiger partial charge in [-0.05, 0) is 41.7 Å². The Hall–Kier alpha value is -1.46. The molecule has 4 rings (SSSR count). The van der Waals surface area contributed by atoms with Crippen LogP contribution in [0.25, 0.3) is 10.2 Å². The van der Waals surface area contributed by atoms with Crippen LogP contribution in [0.4, 0.5) is 5.82 Å². The zero-order valence-electron chi connectivity index (χ0n) is 10.2. The van der Waals surface area contributed by atoms with Crippen molar-refractivity contribution in [2.75, 3.05) is 5.32 Å². The van der Waals surface area contributed by atoms with Crippen LogP contribution in [-0.4, -0.2) is 9.97 Å². The third-order valence-corrected chi connectivity index (χ3v) is 5.27. The van der Waals surface area contributed by atoms with Gasteiger partial charge in [0.05, 0.1) is 11.4 Å². The van der Waals surface area contributed by atoms with Crippen LogP contribution in [0.5, 0.6) is 0 Å². The van der Waals surface area contributed by atoms with E-state index in [-0.39, 0.29) is 0 Å². The third kappa shape index (κ3) is 2.13. The van der Waals surface area contributed by atoms with E-state index in [0.717, 1.165) is 22.0 Å². The number of aromatic nitrogens is 2. The molecule has 0 aliphatic heterocycles. The second-order valence-electron chi connectivity index (χ2n) is 4.84. The number of rotatable bonds is 4. The maximum absolute atomic E-state index is 4.43. The number of hydrogen-bond acceptors (Lipinski definition) is 5. The summed E-state index contributed by atoms with van der Waals surface area (Å²) in [5.41, 5.74) is 0. The van der Waals surface area contributed by atoms with Crippen LogP contribution >= 0.6 is 22.7 Å². The summed E-state index contributed by atoms with van der Waals surface area (Å²) in [5, 5.41) is 8.99. The largest absolute Gasteiger partial charge is 0.362 e. The lowest BCUT2D eigenvalue weighted by Gasteiger charge is -2.17. The van der Waals surface area contributed by atoms with Gasteiger partial charge in [0.2, 0.25) is 0 Å². The lowest BCUT2D eigenvalue weighted by Crippen LogP contribution is -2.12. The van der Waals surface area contributed by atoms with E-state index in [1.54, 1.807) is 17.7 Å². The number of anilines is 1. The first kappa shape index (κ1) is 11.4. The fourth-order valence-corrected chi connectivity index (χ4v) is 3.97. The second-order valence-corrected chi connectivity index (χ2v) is 6.71. The summed E-state index contributed by atoms with van der Waals surface area (Å²) in [6.45, 7) is 0. The normalized spacial score (nSPS) is 16.6. The Morgan fingerprint density at radius 2 is 2.11 bits per heavy atom. The van der Waals surface area contributed by atoms with Crippen molar-refractivity contribution >= 4 is 38.7 Å². The standard InChI is InChI=1S/C14H13N3S2/c1-2-11(18-6-1)12(9-3-4-9)17-13-10-5-7-19-14(10)16-8-15-13/h1-2,5-9,12H,3-4H2,(H,15,16,17)/t12-/m0/s1. The summed E-state index contributed by atoms with van der Waals surface area (Å²) in [6.07, 6.45) is 4.28. The maximum atomic E-state index is 4.43. The molecular weight excluding hydrogens is 274 g/mol. The Bertz CT molecular complexity index is 686. The minimum Gasteiger partial charge on any atom is -0.362 e. The number of fused-ring (bicyclic) bond motifs is 1. The predicted octanol–water partition coefficient (Wildman–Crippen LogP) is 4.32. The van der Waals surface area contributed by atoms with Gasteiger partial charge in [0.25, 0.3) is 0 Å². The van der Waals surface area contributed by atoms with Crippen molar-refractivity contribution in [3.05, 3.63) is 40.2 Å². The van der Waals surface area contributed by atoms with E-state index in [9.17, 15) is 0 Å². The average molecular weight is 287 g/mol. The molecule has 0 unspecified atom stereocenters. The third-order valence-electron chi connectivity index (χ3n) is 3.50. The van der Waals surface area contributed by atoms with Crippen LogP contribution in [0.3, 0.4) is 0 Å². The topological polar surface area (TPSA) is 37.8 Å². The molecule has 19 heavy (non-hydrogen) atoms. The van der Waals surface area contributed by atoms with E-state index < -0.39 is 0 Å². The van der Waals surface area contributed by atoms with Gasteiger partial charge in [-0.3, -0.25) is 0 Å². The molecule has 96 valence electrons. The van der Waals surface area contributed by atoms with E-state index >= 15 is 0 Å². The van der Waals surface area contributed by atoms with Crippen LogP contribution in [-0.2, 0) is 0 Å². The molecule has 0 amide bonds. The first-order valence-corrected chi connectivity index (χ1v) is 8.16. The van der Waals surface area contributed by atoms with Gasteiger partial charge in [-0.15, -0.1) is 22.7 Å². The van der Waals surface area contributed by atoms with Crippen molar-refractivity contribution in [3.63, 3.8) is 0 Å². The molecule has 3 nitrogen and oxygen atoms in total. The van der Waals surface area contributed by atoms with Crippen molar-refractivity contribution in [2.45, 2.75) is 18.9 Å². The molecule has 1 N–H and O–H groups in total. The Labute approximate surface area is 119 Å². The predicted molar refractivity (Wildman–Crippen MR) is 80.8 cm³/mol. The van der Waals surface area contributed by atoms with Gasteiger partial charge in [0, 0.05) is 4.88 Å². The van der Waals surface area contributed by atoms with Crippen LogP contribution in [0.15, 0.2) is 35.3 Å². The molecule has 1 saturated carbocycles. The number of hydrogen-bond donors (Lipinski definition) is 1. The highest BCUT2D eigenvalue weighted by atomic mass is 32.1. The Morgan fingerprint density at radius 3 is 2.89 bits per heavy atom. The quantitative estimate of drug-likeness (QED) is 0.776. The molecule has 3 aromatic heterocycles. The van der Waals surface area contributed by atoms with Crippen molar-refractivity contribution in [1.82, 2.24) is 9.97 Å². The summed E-state index contributed by atoms with van der Waals surface area (Å²) >= 11 is 3.48. The summed E-state index contributed by atoms with van der Waals surface area (Å²) in [5.74, 6) is 1.72. The first-order chi connectivity index (χ1) is 9.42. The van der Waals surface area contributed by atoms with Crippen molar-refractivity contribution in [3.8, 4) is 0 Å². The molecule has 3 aromatic rings. The van der Waals surface area contributed by atoms with Crippen molar-refractivity contribution in [1.29, 1.82) is 0 Å². The maximum Gasteiger partial charge on any atom is 0.138 e. The average Bonchev–Trinajstić information content (AvgIpc) is 2.94. The van der Waals surface area contributed by atoms with Crippen LogP contribution in [0.2, 0.25) is 0 Å².